The summed E-state index contributed by atoms with van der Waals surface area (Å²) in [5.74, 6) is 0.609. The number of rotatable bonds is 1. The van der Waals surface area contributed by atoms with Crippen molar-refractivity contribution in [3.63, 3.8) is 0 Å². The summed E-state index contributed by atoms with van der Waals surface area (Å²) < 4.78 is 0. The Balaban J connectivity index is 1.81. The quantitative estimate of drug-likeness (QED) is 0.617. The standard InChI is InChI=1S/C18H25N7O/c1-17(2)12-10-11(6-7-13(12)21-16(26)24-17)25-15(20)22-14(19)23-18(25)8-4-3-5-9-18/h6-7,10H,3-5,8-9H2,1-2H3,(H2,21,24,26)(H4,19,20,22,23). The molecular formula is C18H25N7O. The summed E-state index contributed by atoms with van der Waals surface area (Å²) in [5, 5.41) is 5.81. The van der Waals surface area contributed by atoms with Crippen molar-refractivity contribution >= 4 is 29.3 Å². The highest BCUT2D eigenvalue weighted by atomic mass is 16.2. The van der Waals surface area contributed by atoms with Gasteiger partial charge >= 0.3 is 6.03 Å². The van der Waals surface area contributed by atoms with Crippen LogP contribution in [0.25, 0.3) is 0 Å². The monoisotopic (exact) mass is 355 g/mol. The van der Waals surface area contributed by atoms with Gasteiger partial charge < -0.3 is 22.1 Å². The fourth-order valence-electron chi connectivity index (χ4n) is 4.30. The summed E-state index contributed by atoms with van der Waals surface area (Å²) in [6, 6.07) is 5.72. The Morgan fingerprint density at radius 3 is 2.62 bits per heavy atom. The van der Waals surface area contributed by atoms with Crippen LogP contribution in [0.2, 0.25) is 0 Å². The highest BCUT2D eigenvalue weighted by Gasteiger charge is 2.43. The minimum absolute atomic E-state index is 0.199. The van der Waals surface area contributed by atoms with Crippen molar-refractivity contribution in [2.45, 2.75) is 57.2 Å². The maximum atomic E-state index is 11.9. The molecule has 0 aromatic heterocycles. The Morgan fingerprint density at radius 2 is 1.88 bits per heavy atom. The molecule has 138 valence electrons. The van der Waals surface area contributed by atoms with Gasteiger partial charge in [0.15, 0.2) is 0 Å². The van der Waals surface area contributed by atoms with Gasteiger partial charge in [0.2, 0.25) is 11.9 Å². The number of guanidine groups is 2. The van der Waals surface area contributed by atoms with Crippen LogP contribution in [-0.2, 0) is 5.54 Å². The zero-order valence-electron chi connectivity index (χ0n) is 15.2. The molecule has 1 aromatic rings. The van der Waals surface area contributed by atoms with Gasteiger partial charge in [0.05, 0.1) is 5.54 Å². The number of amides is 2. The number of anilines is 2. The molecule has 1 fully saturated rings. The maximum Gasteiger partial charge on any atom is 0.319 e. The van der Waals surface area contributed by atoms with E-state index in [9.17, 15) is 4.79 Å². The lowest BCUT2D eigenvalue weighted by Crippen LogP contribution is -2.58. The summed E-state index contributed by atoms with van der Waals surface area (Å²) in [4.78, 5) is 22.8. The zero-order valence-corrected chi connectivity index (χ0v) is 15.2. The van der Waals surface area contributed by atoms with Gasteiger partial charge in [-0.1, -0.05) is 6.42 Å². The Hall–Kier alpha value is -2.77. The number of nitrogens with zero attached hydrogens (tertiary/aromatic N) is 3. The average molecular weight is 355 g/mol. The number of fused-ring (bicyclic) bond motifs is 1. The maximum absolute atomic E-state index is 11.9. The molecule has 4 rings (SSSR count). The van der Waals surface area contributed by atoms with E-state index < -0.39 is 11.2 Å². The van der Waals surface area contributed by atoms with E-state index in [1.165, 1.54) is 6.42 Å². The molecule has 2 aliphatic heterocycles. The zero-order chi connectivity index (χ0) is 18.5. The van der Waals surface area contributed by atoms with E-state index in [-0.39, 0.29) is 12.0 Å². The topological polar surface area (TPSA) is 121 Å². The van der Waals surface area contributed by atoms with Crippen LogP contribution < -0.4 is 27.0 Å². The molecule has 2 amide bonds. The van der Waals surface area contributed by atoms with Crippen LogP contribution >= 0.6 is 0 Å². The summed E-state index contributed by atoms with van der Waals surface area (Å²) in [5.41, 5.74) is 14.0. The Morgan fingerprint density at radius 1 is 1.15 bits per heavy atom. The lowest BCUT2D eigenvalue weighted by molar-refractivity contribution is 0.239. The molecule has 1 aromatic carbocycles. The first kappa shape index (κ1) is 16.7. The van der Waals surface area contributed by atoms with Crippen molar-refractivity contribution in [2.24, 2.45) is 21.5 Å². The Bertz CT molecular complexity index is 821. The summed E-state index contributed by atoms with van der Waals surface area (Å²) in [6.07, 6.45) is 5.12. The van der Waals surface area contributed by atoms with Crippen LogP contribution in [-0.4, -0.2) is 23.6 Å². The second kappa shape index (κ2) is 5.62. The van der Waals surface area contributed by atoms with Gasteiger partial charge in [-0.3, -0.25) is 4.90 Å². The van der Waals surface area contributed by atoms with Crippen molar-refractivity contribution < 1.29 is 4.79 Å². The molecule has 0 radical (unpaired) electrons. The summed E-state index contributed by atoms with van der Waals surface area (Å²) >= 11 is 0. The third kappa shape index (κ3) is 2.56. The fraction of sp³-hybridized carbons (Fsp3) is 0.500. The van der Waals surface area contributed by atoms with E-state index in [4.69, 9.17) is 16.5 Å². The molecule has 0 atom stereocenters. The molecule has 0 unspecified atom stereocenters. The lowest BCUT2D eigenvalue weighted by Gasteiger charge is -2.46. The number of carbonyl (C=O) groups excluding carboxylic acids is 1. The molecular weight excluding hydrogens is 330 g/mol. The van der Waals surface area contributed by atoms with Crippen molar-refractivity contribution in [3.05, 3.63) is 23.8 Å². The largest absolute Gasteiger partial charge is 0.369 e. The molecule has 1 saturated carbocycles. The number of nitrogens with two attached hydrogens (primary N) is 2. The fourth-order valence-corrected chi connectivity index (χ4v) is 4.30. The SMILES string of the molecule is CC1(C)NC(=O)Nc2ccc(N3C(N)=NC(N)=NC34CCCCC4)cc21. The van der Waals surface area contributed by atoms with Crippen LogP contribution in [0.15, 0.2) is 28.2 Å². The number of hydrogen-bond acceptors (Lipinski definition) is 6. The molecule has 2 heterocycles. The van der Waals surface area contributed by atoms with Crippen molar-refractivity contribution in [1.29, 1.82) is 0 Å². The van der Waals surface area contributed by atoms with Gasteiger partial charge in [0, 0.05) is 16.9 Å². The molecule has 0 saturated heterocycles. The van der Waals surface area contributed by atoms with E-state index in [1.54, 1.807) is 0 Å². The normalized spacial score (nSPS) is 23.5. The third-order valence-electron chi connectivity index (χ3n) is 5.46. The number of hydrogen-bond donors (Lipinski definition) is 4. The van der Waals surface area contributed by atoms with Crippen LogP contribution in [0.3, 0.4) is 0 Å². The lowest BCUT2D eigenvalue weighted by atomic mass is 9.86. The van der Waals surface area contributed by atoms with E-state index in [0.29, 0.717) is 5.96 Å². The van der Waals surface area contributed by atoms with E-state index in [2.05, 4.69) is 21.7 Å². The molecule has 0 bridgehead atoms. The van der Waals surface area contributed by atoms with Gasteiger partial charge in [-0.15, -0.1) is 0 Å². The van der Waals surface area contributed by atoms with Crippen molar-refractivity contribution in [2.75, 3.05) is 10.2 Å². The van der Waals surface area contributed by atoms with Crippen LogP contribution in [0.4, 0.5) is 16.2 Å². The Kier molecular flexibility index (Phi) is 3.61. The van der Waals surface area contributed by atoms with E-state index in [1.807, 2.05) is 30.9 Å². The molecule has 8 heteroatoms. The predicted octanol–water partition coefficient (Wildman–Crippen LogP) is 2.17. The number of urea groups is 1. The molecule has 1 spiro atoms. The number of benzene rings is 1. The first-order valence-electron chi connectivity index (χ1n) is 9.04. The first-order chi connectivity index (χ1) is 12.3. The highest BCUT2D eigenvalue weighted by Crippen LogP contribution is 2.42. The molecule has 3 aliphatic rings. The molecule has 6 N–H and O–H groups in total. The number of carbonyl (C=O) groups is 1. The van der Waals surface area contributed by atoms with E-state index in [0.717, 1.165) is 42.6 Å². The van der Waals surface area contributed by atoms with Crippen LogP contribution in [0.5, 0.6) is 0 Å². The van der Waals surface area contributed by atoms with Gasteiger partial charge in [-0.2, -0.15) is 4.99 Å². The summed E-state index contributed by atoms with van der Waals surface area (Å²) in [6.45, 7) is 3.96. The predicted molar refractivity (Wildman–Crippen MR) is 103 cm³/mol. The van der Waals surface area contributed by atoms with Crippen molar-refractivity contribution in [3.8, 4) is 0 Å². The van der Waals surface area contributed by atoms with E-state index >= 15 is 0 Å². The van der Waals surface area contributed by atoms with Gasteiger partial charge in [-0.05, 0) is 57.7 Å². The minimum atomic E-state index is -0.489. The number of nitrogens with one attached hydrogen (secondary N) is 2. The molecule has 1 aliphatic carbocycles. The van der Waals surface area contributed by atoms with Crippen LogP contribution in [0.1, 0.15) is 51.5 Å². The molecule has 26 heavy (non-hydrogen) atoms. The first-order valence-corrected chi connectivity index (χ1v) is 9.04. The Labute approximate surface area is 152 Å². The highest BCUT2D eigenvalue weighted by molar-refractivity contribution is 6.06. The smallest absolute Gasteiger partial charge is 0.319 e. The molecule has 8 nitrogen and oxygen atoms in total. The van der Waals surface area contributed by atoms with Gasteiger partial charge in [-0.25, -0.2) is 9.79 Å². The third-order valence-corrected chi connectivity index (χ3v) is 5.46. The minimum Gasteiger partial charge on any atom is -0.369 e. The number of aliphatic imine (C=N–C) groups is 2. The van der Waals surface area contributed by atoms with Gasteiger partial charge in [0.1, 0.15) is 5.66 Å². The van der Waals surface area contributed by atoms with Crippen LogP contribution in [0, 0.1) is 0 Å². The van der Waals surface area contributed by atoms with Crippen molar-refractivity contribution in [1.82, 2.24) is 5.32 Å². The second-order valence-electron chi connectivity index (χ2n) is 7.75. The average Bonchev–Trinajstić information content (AvgIpc) is 2.54. The van der Waals surface area contributed by atoms with Gasteiger partial charge in [0.25, 0.3) is 0 Å². The second-order valence-corrected chi connectivity index (χ2v) is 7.75. The summed E-state index contributed by atoms with van der Waals surface area (Å²) in [7, 11) is 0.